The van der Waals surface area contributed by atoms with Gasteiger partial charge in [-0.1, -0.05) is 50.7 Å². The highest BCUT2D eigenvalue weighted by Crippen LogP contribution is 2.44. The van der Waals surface area contributed by atoms with Crippen molar-refractivity contribution in [3.05, 3.63) is 0 Å². The Labute approximate surface area is 106 Å². The molecule has 0 amide bonds. The van der Waals surface area contributed by atoms with Crippen molar-refractivity contribution in [2.45, 2.75) is 35.0 Å². The van der Waals surface area contributed by atoms with E-state index in [2.05, 4.69) is 15.9 Å². The molecule has 0 aromatic rings. The van der Waals surface area contributed by atoms with Crippen molar-refractivity contribution < 1.29 is 9.53 Å². The van der Waals surface area contributed by atoms with E-state index < -0.39 is 15.3 Å². The van der Waals surface area contributed by atoms with Gasteiger partial charge in [-0.2, -0.15) is 0 Å². The van der Waals surface area contributed by atoms with E-state index in [9.17, 15) is 4.79 Å². The fraction of sp³-hybridized carbons (Fsp3) is 0.875. The Morgan fingerprint density at radius 3 is 2.43 bits per heavy atom. The van der Waals surface area contributed by atoms with Crippen LogP contribution in [-0.2, 0) is 9.53 Å². The maximum atomic E-state index is 11.5. The first-order chi connectivity index (χ1) is 6.14. The normalized spacial score (nSPS) is 32.6. The Bertz CT molecular complexity index is 249. The minimum Gasteiger partial charge on any atom is -0.456 e. The van der Waals surface area contributed by atoms with Gasteiger partial charge in [-0.3, -0.25) is 4.79 Å². The monoisotopic (exact) mass is 322 g/mol. The summed E-state index contributed by atoms with van der Waals surface area (Å²) in [6.07, 6.45) is -0.141. The van der Waals surface area contributed by atoms with Gasteiger partial charge in [0.2, 0.25) is 3.79 Å². The number of carbonyl (C=O) groups is 1. The van der Waals surface area contributed by atoms with E-state index in [1.54, 1.807) is 13.8 Å². The number of hydrogen-bond acceptors (Lipinski definition) is 2. The zero-order valence-electron chi connectivity index (χ0n) is 7.69. The van der Waals surface area contributed by atoms with Crippen LogP contribution in [0.4, 0.5) is 0 Å². The quantitative estimate of drug-likeness (QED) is 0.504. The van der Waals surface area contributed by atoms with Crippen LogP contribution in [0.5, 0.6) is 0 Å². The summed E-state index contributed by atoms with van der Waals surface area (Å²) >= 11 is 20.4. The molecular formula is C8H10BrCl3O2. The van der Waals surface area contributed by atoms with Gasteiger partial charge in [-0.15, -0.1) is 0 Å². The highest BCUT2D eigenvalue weighted by atomic mass is 79.9. The maximum absolute atomic E-state index is 11.5. The molecule has 1 aliphatic rings. The Morgan fingerprint density at radius 2 is 2.00 bits per heavy atom. The first-order valence-corrected chi connectivity index (χ1v) is 6.11. The van der Waals surface area contributed by atoms with Crippen LogP contribution in [0.15, 0.2) is 0 Å². The summed E-state index contributed by atoms with van der Waals surface area (Å²) < 4.78 is 3.51. The molecule has 1 aliphatic heterocycles. The third kappa shape index (κ3) is 2.69. The predicted octanol–water partition coefficient (Wildman–Crippen LogP) is 3.46. The lowest BCUT2D eigenvalue weighted by molar-refractivity contribution is -0.166. The molecule has 0 aromatic carbocycles. The molecule has 2 nitrogen and oxygen atoms in total. The lowest BCUT2D eigenvalue weighted by atomic mass is 9.84. The molecule has 0 saturated carbocycles. The second-order valence-electron chi connectivity index (χ2n) is 3.97. The predicted molar refractivity (Wildman–Crippen MR) is 61.3 cm³/mol. The number of rotatable bonds is 0. The molecule has 0 N–H and O–H groups in total. The van der Waals surface area contributed by atoms with E-state index >= 15 is 0 Å². The smallest absolute Gasteiger partial charge is 0.312 e. The van der Waals surface area contributed by atoms with Gasteiger partial charge in [0.1, 0.15) is 0 Å². The summed E-state index contributed by atoms with van der Waals surface area (Å²) in [5.41, 5.74) is -0.527. The molecule has 1 rings (SSSR count). The van der Waals surface area contributed by atoms with Gasteiger partial charge in [-0.05, 0) is 20.3 Å². The van der Waals surface area contributed by atoms with Gasteiger partial charge < -0.3 is 4.74 Å². The zero-order valence-corrected chi connectivity index (χ0v) is 11.5. The fourth-order valence-corrected chi connectivity index (χ4v) is 3.66. The van der Waals surface area contributed by atoms with Crippen molar-refractivity contribution in [1.82, 2.24) is 0 Å². The second-order valence-corrected chi connectivity index (χ2v) is 7.52. The fourth-order valence-electron chi connectivity index (χ4n) is 1.30. The Kier molecular flexibility index (Phi) is 3.69. The van der Waals surface area contributed by atoms with Gasteiger partial charge in [0.25, 0.3) is 0 Å². The number of cyclic esters (lactones) is 1. The lowest BCUT2D eigenvalue weighted by Crippen LogP contribution is -2.49. The highest BCUT2D eigenvalue weighted by Gasteiger charge is 2.49. The van der Waals surface area contributed by atoms with E-state index in [0.29, 0.717) is 6.42 Å². The number of alkyl halides is 4. The minimum atomic E-state index is -1.58. The van der Waals surface area contributed by atoms with E-state index in [0.717, 1.165) is 0 Å². The van der Waals surface area contributed by atoms with Gasteiger partial charge in [0, 0.05) is 0 Å². The van der Waals surface area contributed by atoms with E-state index in [4.69, 9.17) is 39.5 Å². The lowest BCUT2D eigenvalue weighted by Gasteiger charge is -2.39. The summed E-state index contributed by atoms with van der Waals surface area (Å²) in [5.74, 6) is -0.329. The first-order valence-electron chi connectivity index (χ1n) is 4.06. The number of halogens is 4. The van der Waals surface area contributed by atoms with E-state index in [1.165, 1.54) is 0 Å². The first kappa shape index (κ1) is 12.9. The van der Waals surface area contributed by atoms with Crippen LogP contribution in [0.25, 0.3) is 0 Å². The highest BCUT2D eigenvalue weighted by molar-refractivity contribution is 9.09. The summed E-state index contributed by atoms with van der Waals surface area (Å²) in [5, 5.41) is 0. The second kappa shape index (κ2) is 4.00. The van der Waals surface area contributed by atoms with Crippen LogP contribution < -0.4 is 0 Å². The van der Waals surface area contributed by atoms with Crippen LogP contribution in [-0.4, -0.2) is 20.7 Å². The van der Waals surface area contributed by atoms with Crippen molar-refractivity contribution in [2.24, 2.45) is 5.41 Å². The molecular weight excluding hydrogens is 314 g/mol. The number of carbonyl (C=O) groups excluding carboxylic acids is 1. The molecule has 82 valence electrons. The standard InChI is InChI=1S/C8H10BrCl3O2/c1-7(2)3-4(9)5(8(10,11)12)14-6(7)13/h4-5H,3H2,1-2H3. The molecule has 0 radical (unpaired) electrons. The van der Waals surface area contributed by atoms with E-state index in [-0.39, 0.29) is 10.8 Å². The Balaban J connectivity index is 2.83. The van der Waals surface area contributed by atoms with Crippen molar-refractivity contribution in [1.29, 1.82) is 0 Å². The van der Waals surface area contributed by atoms with Crippen molar-refractivity contribution in [3.8, 4) is 0 Å². The molecule has 6 heteroatoms. The van der Waals surface area contributed by atoms with Crippen molar-refractivity contribution >= 4 is 56.7 Å². The molecule has 0 aromatic heterocycles. The van der Waals surface area contributed by atoms with Gasteiger partial charge in [-0.25, -0.2) is 0 Å². The molecule has 1 heterocycles. The van der Waals surface area contributed by atoms with Crippen LogP contribution >= 0.6 is 50.7 Å². The van der Waals surface area contributed by atoms with Gasteiger partial charge in [0.15, 0.2) is 6.10 Å². The number of esters is 1. The van der Waals surface area contributed by atoms with Crippen LogP contribution in [0.3, 0.4) is 0 Å². The van der Waals surface area contributed by atoms with Crippen LogP contribution in [0.1, 0.15) is 20.3 Å². The summed E-state index contributed by atoms with van der Waals surface area (Å²) in [6.45, 7) is 3.61. The SMILES string of the molecule is CC1(C)CC(Br)C(C(Cl)(Cl)Cl)OC1=O. The Morgan fingerprint density at radius 1 is 1.50 bits per heavy atom. The molecule has 1 saturated heterocycles. The number of hydrogen-bond donors (Lipinski definition) is 0. The van der Waals surface area contributed by atoms with Crippen molar-refractivity contribution in [2.75, 3.05) is 0 Å². The molecule has 2 unspecified atom stereocenters. The molecule has 1 fully saturated rings. The average molecular weight is 324 g/mol. The number of ether oxygens (including phenoxy) is 1. The topological polar surface area (TPSA) is 26.3 Å². The van der Waals surface area contributed by atoms with Gasteiger partial charge >= 0.3 is 5.97 Å². The maximum Gasteiger partial charge on any atom is 0.312 e. The third-order valence-electron chi connectivity index (χ3n) is 2.14. The molecule has 0 spiro atoms. The molecule has 0 aliphatic carbocycles. The van der Waals surface area contributed by atoms with Crippen molar-refractivity contribution in [3.63, 3.8) is 0 Å². The average Bonchev–Trinajstić information content (AvgIpc) is 1.93. The van der Waals surface area contributed by atoms with E-state index in [1.807, 2.05) is 0 Å². The third-order valence-corrected chi connectivity index (χ3v) is 3.59. The largest absolute Gasteiger partial charge is 0.456 e. The summed E-state index contributed by atoms with van der Waals surface area (Å²) in [6, 6.07) is 0. The van der Waals surface area contributed by atoms with Crippen LogP contribution in [0.2, 0.25) is 0 Å². The Hall–Kier alpha value is 0.820. The minimum absolute atomic E-state index is 0.136. The van der Waals surface area contributed by atoms with Crippen LogP contribution in [0, 0.1) is 5.41 Å². The molecule has 14 heavy (non-hydrogen) atoms. The molecule has 0 bridgehead atoms. The summed E-state index contributed by atoms with van der Waals surface area (Å²) in [7, 11) is 0. The zero-order chi connectivity index (χ0) is 11.1. The molecule has 2 atom stereocenters. The summed E-state index contributed by atoms with van der Waals surface area (Å²) in [4.78, 5) is 11.4. The van der Waals surface area contributed by atoms with Gasteiger partial charge in [0.05, 0.1) is 10.2 Å².